The molecule has 5 nitrogen and oxygen atoms in total. The lowest BCUT2D eigenvalue weighted by Gasteiger charge is -2.31. The van der Waals surface area contributed by atoms with Crippen molar-refractivity contribution in [3.8, 4) is 0 Å². The number of likely N-dealkylation sites (tertiary alicyclic amines) is 1. The minimum Gasteiger partial charge on any atom is -0.354 e. The number of hydrogen-bond donors (Lipinski definition) is 1. The van der Waals surface area contributed by atoms with E-state index >= 15 is 0 Å². The van der Waals surface area contributed by atoms with E-state index in [0.29, 0.717) is 17.1 Å². The van der Waals surface area contributed by atoms with Crippen molar-refractivity contribution in [3.05, 3.63) is 53.9 Å². The third-order valence-electron chi connectivity index (χ3n) is 5.38. The van der Waals surface area contributed by atoms with Crippen molar-refractivity contribution in [1.29, 1.82) is 0 Å². The Bertz CT molecular complexity index is 1050. The number of pyridine rings is 2. The molecule has 1 amide bonds. The third kappa shape index (κ3) is 4.22. The number of carbonyl (C=O) groups excluding carboxylic acids is 1. The predicted octanol–water partition coefficient (Wildman–Crippen LogP) is 5.28. The van der Waals surface area contributed by atoms with E-state index in [0.717, 1.165) is 42.0 Å². The minimum absolute atomic E-state index is 0.0371. The summed E-state index contributed by atoms with van der Waals surface area (Å²) >= 11 is 1.69. The molecule has 0 saturated carbocycles. The molecule has 3 heterocycles. The van der Waals surface area contributed by atoms with Crippen LogP contribution >= 0.6 is 11.8 Å². The number of thioether (sulfide) groups is 1. The largest absolute Gasteiger partial charge is 0.354 e. The number of aromatic nitrogens is 2. The number of carbonyl (C=O) groups is 1. The number of nitrogens with one attached hydrogen (secondary N) is 1. The third-order valence-corrected chi connectivity index (χ3v) is 6.11. The molecule has 0 spiro atoms. The van der Waals surface area contributed by atoms with Crippen molar-refractivity contribution in [3.63, 3.8) is 0 Å². The molecule has 4 rings (SSSR count). The van der Waals surface area contributed by atoms with Crippen LogP contribution in [0.3, 0.4) is 0 Å². The molecule has 2 aromatic heterocycles. The van der Waals surface area contributed by atoms with E-state index in [9.17, 15) is 4.79 Å². The lowest BCUT2D eigenvalue weighted by molar-refractivity contribution is 0.0684. The second kappa shape index (κ2) is 8.41. The predicted molar refractivity (Wildman–Crippen MR) is 120 cm³/mol. The van der Waals surface area contributed by atoms with Crippen LogP contribution in [0.15, 0.2) is 47.5 Å². The van der Waals surface area contributed by atoms with Crippen molar-refractivity contribution in [2.45, 2.75) is 31.6 Å². The maximum absolute atomic E-state index is 13.4. The molecule has 1 N–H and O–H groups in total. The van der Waals surface area contributed by atoms with E-state index in [1.54, 1.807) is 18.0 Å². The van der Waals surface area contributed by atoms with Crippen LogP contribution in [0.2, 0.25) is 0 Å². The number of hydrogen-bond acceptors (Lipinski definition) is 5. The molecule has 0 unspecified atom stereocenters. The first-order chi connectivity index (χ1) is 14.0. The van der Waals surface area contributed by atoms with Crippen molar-refractivity contribution in [2.75, 3.05) is 24.7 Å². The van der Waals surface area contributed by atoms with Gasteiger partial charge in [0.2, 0.25) is 0 Å². The van der Waals surface area contributed by atoms with Crippen LogP contribution in [-0.4, -0.2) is 40.1 Å². The summed E-state index contributed by atoms with van der Waals surface area (Å²) in [5, 5.41) is 4.36. The van der Waals surface area contributed by atoms with Gasteiger partial charge in [-0.15, -0.1) is 11.8 Å². The number of rotatable bonds is 4. The van der Waals surface area contributed by atoms with E-state index in [4.69, 9.17) is 0 Å². The van der Waals surface area contributed by atoms with Crippen molar-refractivity contribution in [1.82, 2.24) is 14.9 Å². The van der Waals surface area contributed by atoms with E-state index in [-0.39, 0.29) is 5.91 Å². The van der Waals surface area contributed by atoms with Crippen molar-refractivity contribution >= 4 is 40.1 Å². The fraction of sp³-hybridized carbons (Fsp3) is 0.348. The zero-order chi connectivity index (χ0) is 20.4. The summed E-state index contributed by atoms with van der Waals surface area (Å²) in [5.74, 6) is 0.565. The number of benzene rings is 1. The molecule has 0 radical (unpaired) electrons. The number of nitrogens with zero attached hydrogens (tertiary/aromatic N) is 3. The molecule has 3 aromatic rings. The first-order valence-corrected chi connectivity index (χ1v) is 11.2. The quantitative estimate of drug-likeness (QED) is 0.598. The van der Waals surface area contributed by atoms with Gasteiger partial charge in [-0.25, -0.2) is 9.97 Å². The number of fused-ring (bicyclic) bond motifs is 1. The molecule has 1 aromatic carbocycles. The normalized spacial score (nSPS) is 16.8. The Kier molecular flexibility index (Phi) is 5.72. The van der Waals surface area contributed by atoms with Crippen LogP contribution in [0.4, 0.5) is 11.4 Å². The molecule has 1 fully saturated rings. The van der Waals surface area contributed by atoms with Gasteiger partial charge < -0.3 is 10.2 Å². The molecule has 1 saturated heterocycles. The van der Waals surface area contributed by atoms with E-state index in [1.165, 1.54) is 11.3 Å². The average molecular weight is 407 g/mol. The molecule has 0 bridgehead atoms. The first kappa shape index (κ1) is 19.7. The summed E-state index contributed by atoms with van der Waals surface area (Å²) in [5.41, 5.74) is 3.89. The summed E-state index contributed by atoms with van der Waals surface area (Å²) in [6, 6.07) is 12.2. The van der Waals surface area contributed by atoms with Crippen LogP contribution in [0.1, 0.15) is 35.8 Å². The Morgan fingerprint density at radius 3 is 2.93 bits per heavy atom. The van der Waals surface area contributed by atoms with Gasteiger partial charge in [0.25, 0.3) is 5.91 Å². The molecule has 6 heteroatoms. The van der Waals surface area contributed by atoms with Gasteiger partial charge in [0.1, 0.15) is 0 Å². The number of aryl methyl sites for hydroxylation is 1. The lowest BCUT2D eigenvalue weighted by atomic mass is 9.99. The second-order valence-corrected chi connectivity index (χ2v) is 8.61. The number of amides is 1. The standard InChI is InChI=1S/C23H26N4OS/c1-15-6-5-11-27(14-15)23(28)20-13-24-22-19(10-9-16(2)25-22)21(20)26-17-7-4-8-18(12-17)29-3/h4,7-10,12-13,15H,5-6,11,14H2,1-3H3,(H,24,25,26)/t15-/m0/s1. The second-order valence-electron chi connectivity index (χ2n) is 7.73. The molecule has 0 aliphatic carbocycles. The van der Waals surface area contributed by atoms with Crippen LogP contribution in [-0.2, 0) is 0 Å². The highest BCUT2D eigenvalue weighted by Gasteiger charge is 2.25. The van der Waals surface area contributed by atoms with Gasteiger partial charge in [0.05, 0.1) is 11.3 Å². The van der Waals surface area contributed by atoms with Crippen LogP contribution in [0.25, 0.3) is 11.0 Å². The molecule has 1 aliphatic rings. The monoisotopic (exact) mass is 406 g/mol. The van der Waals surface area contributed by atoms with Crippen LogP contribution < -0.4 is 5.32 Å². The SMILES string of the molecule is CSc1cccc(Nc2c(C(=O)N3CCC[C@H](C)C3)cnc3nc(C)ccc23)c1. The highest BCUT2D eigenvalue weighted by molar-refractivity contribution is 7.98. The zero-order valence-electron chi connectivity index (χ0n) is 17.1. The summed E-state index contributed by atoms with van der Waals surface area (Å²) in [7, 11) is 0. The smallest absolute Gasteiger partial charge is 0.257 e. The van der Waals surface area contributed by atoms with Crippen LogP contribution in [0.5, 0.6) is 0 Å². The fourth-order valence-electron chi connectivity index (χ4n) is 3.86. The molecule has 150 valence electrons. The summed E-state index contributed by atoms with van der Waals surface area (Å²) < 4.78 is 0. The highest BCUT2D eigenvalue weighted by atomic mass is 32.2. The Hall–Kier alpha value is -2.60. The maximum Gasteiger partial charge on any atom is 0.257 e. The summed E-state index contributed by atoms with van der Waals surface area (Å²) in [6.45, 7) is 5.75. The van der Waals surface area contributed by atoms with Gasteiger partial charge in [0, 0.05) is 40.9 Å². The Morgan fingerprint density at radius 2 is 2.14 bits per heavy atom. The average Bonchev–Trinajstić information content (AvgIpc) is 2.73. The number of piperidine rings is 1. The molecule has 1 atom stereocenters. The van der Waals surface area contributed by atoms with Crippen molar-refractivity contribution < 1.29 is 4.79 Å². The Labute approximate surface area is 175 Å². The van der Waals surface area contributed by atoms with Crippen molar-refractivity contribution in [2.24, 2.45) is 5.92 Å². The highest BCUT2D eigenvalue weighted by Crippen LogP contribution is 2.31. The van der Waals surface area contributed by atoms with Crippen LogP contribution in [0, 0.1) is 12.8 Å². The van der Waals surface area contributed by atoms with E-state index < -0.39 is 0 Å². The van der Waals surface area contributed by atoms with Gasteiger partial charge in [-0.1, -0.05) is 13.0 Å². The zero-order valence-corrected chi connectivity index (χ0v) is 17.9. The molecular formula is C23H26N4OS. The summed E-state index contributed by atoms with van der Waals surface area (Å²) in [4.78, 5) is 25.6. The fourth-order valence-corrected chi connectivity index (χ4v) is 4.32. The van der Waals surface area contributed by atoms with Gasteiger partial charge in [-0.2, -0.15) is 0 Å². The molecule has 29 heavy (non-hydrogen) atoms. The Balaban J connectivity index is 1.79. The minimum atomic E-state index is 0.0371. The maximum atomic E-state index is 13.4. The molecular weight excluding hydrogens is 380 g/mol. The van der Waals surface area contributed by atoms with Gasteiger partial charge in [0.15, 0.2) is 5.65 Å². The van der Waals surface area contributed by atoms with Gasteiger partial charge in [-0.3, -0.25) is 4.79 Å². The topological polar surface area (TPSA) is 58.1 Å². The summed E-state index contributed by atoms with van der Waals surface area (Å²) in [6.07, 6.45) is 5.96. The van der Waals surface area contributed by atoms with E-state index in [2.05, 4.69) is 40.6 Å². The number of anilines is 2. The van der Waals surface area contributed by atoms with Gasteiger partial charge in [-0.05, 0) is 62.3 Å². The first-order valence-electron chi connectivity index (χ1n) is 10.0. The Morgan fingerprint density at radius 1 is 1.28 bits per heavy atom. The lowest BCUT2D eigenvalue weighted by Crippen LogP contribution is -2.39. The molecule has 1 aliphatic heterocycles. The van der Waals surface area contributed by atoms with E-state index in [1.807, 2.05) is 36.1 Å². The van der Waals surface area contributed by atoms with Gasteiger partial charge >= 0.3 is 0 Å².